The SMILES string of the molecule is CCc1c(C)sc2nc(SCC(=O)c3ccc4c(c3)OCCO4)n(CC3CCCO3)c(=O)c12. The van der Waals surface area contributed by atoms with Crippen molar-refractivity contribution in [3.05, 3.63) is 44.6 Å². The van der Waals surface area contributed by atoms with Gasteiger partial charge in [0.2, 0.25) is 0 Å². The largest absolute Gasteiger partial charge is 0.486 e. The molecule has 1 saturated heterocycles. The van der Waals surface area contributed by atoms with Crippen LogP contribution in [0.1, 0.15) is 40.6 Å². The number of carbonyl (C=O) groups is 1. The number of carbonyl (C=O) groups excluding carboxylic acids is 1. The van der Waals surface area contributed by atoms with Gasteiger partial charge in [-0.3, -0.25) is 14.2 Å². The van der Waals surface area contributed by atoms with Gasteiger partial charge < -0.3 is 14.2 Å². The fourth-order valence-corrected chi connectivity index (χ4v) is 6.41. The Kier molecular flexibility index (Phi) is 6.44. The molecule has 33 heavy (non-hydrogen) atoms. The van der Waals surface area contributed by atoms with E-state index in [1.165, 1.54) is 11.8 Å². The lowest BCUT2D eigenvalue weighted by Crippen LogP contribution is -2.29. The Morgan fingerprint density at radius 2 is 2.06 bits per heavy atom. The van der Waals surface area contributed by atoms with Crippen LogP contribution in [0.3, 0.4) is 0 Å². The van der Waals surface area contributed by atoms with Crippen LogP contribution in [-0.4, -0.2) is 47.0 Å². The van der Waals surface area contributed by atoms with Crippen molar-refractivity contribution in [1.29, 1.82) is 0 Å². The molecule has 2 aliphatic rings. The third kappa shape index (κ3) is 4.41. The van der Waals surface area contributed by atoms with E-state index in [-0.39, 0.29) is 23.2 Å². The van der Waals surface area contributed by atoms with Gasteiger partial charge in [-0.1, -0.05) is 18.7 Å². The highest BCUT2D eigenvalue weighted by atomic mass is 32.2. The second-order valence-corrected chi connectivity index (χ2v) is 10.3. The second-order valence-electron chi connectivity index (χ2n) is 8.19. The number of rotatable bonds is 7. The smallest absolute Gasteiger partial charge is 0.263 e. The molecule has 2 aliphatic heterocycles. The molecule has 0 aliphatic carbocycles. The van der Waals surface area contributed by atoms with Crippen molar-refractivity contribution in [3.63, 3.8) is 0 Å². The number of nitrogens with zero attached hydrogens (tertiary/aromatic N) is 2. The molecule has 1 atom stereocenters. The van der Waals surface area contributed by atoms with Gasteiger partial charge in [0.05, 0.1) is 23.8 Å². The van der Waals surface area contributed by atoms with E-state index in [0.717, 1.165) is 41.1 Å². The van der Waals surface area contributed by atoms with Crippen LogP contribution in [0.4, 0.5) is 0 Å². The normalized spacial score (nSPS) is 17.6. The molecule has 0 bridgehead atoms. The van der Waals surface area contributed by atoms with Crippen LogP contribution in [0.25, 0.3) is 10.2 Å². The third-order valence-electron chi connectivity index (χ3n) is 6.04. The maximum absolute atomic E-state index is 13.6. The van der Waals surface area contributed by atoms with Crippen molar-refractivity contribution in [2.24, 2.45) is 0 Å². The lowest BCUT2D eigenvalue weighted by molar-refractivity contribution is 0.0937. The van der Waals surface area contributed by atoms with Gasteiger partial charge in [0.25, 0.3) is 5.56 Å². The number of ether oxygens (including phenoxy) is 3. The number of hydrogen-bond donors (Lipinski definition) is 0. The number of hydrogen-bond acceptors (Lipinski definition) is 8. The molecule has 0 amide bonds. The predicted molar refractivity (Wildman–Crippen MR) is 129 cm³/mol. The first-order chi connectivity index (χ1) is 16.0. The van der Waals surface area contributed by atoms with Crippen molar-refractivity contribution in [1.82, 2.24) is 9.55 Å². The zero-order valence-corrected chi connectivity index (χ0v) is 20.4. The molecule has 5 rings (SSSR count). The molecule has 1 fully saturated rings. The highest BCUT2D eigenvalue weighted by Crippen LogP contribution is 2.32. The van der Waals surface area contributed by atoms with E-state index < -0.39 is 0 Å². The van der Waals surface area contributed by atoms with Crippen LogP contribution in [-0.2, 0) is 17.7 Å². The third-order valence-corrected chi connectivity index (χ3v) is 8.06. The first kappa shape index (κ1) is 22.4. The minimum Gasteiger partial charge on any atom is -0.486 e. The summed E-state index contributed by atoms with van der Waals surface area (Å²) >= 11 is 2.85. The fourth-order valence-electron chi connectivity index (χ4n) is 4.35. The van der Waals surface area contributed by atoms with Gasteiger partial charge in [0.1, 0.15) is 18.0 Å². The molecular weight excluding hydrogens is 460 g/mol. The zero-order valence-electron chi connectivity index (χ0n) is 18.7. The summed E-state index contributed by atoms with van der Waals surface area (Å²) < 4.78 is 18.7. The number of Topliss-reactive ketones (excluding diaryl/α,β-unsaturated/α-hetero) is 1. The zero-order chi connectivity index (χ0) is 22.9. The highest BCUT2D eigenvalue weighted by Gasteiger charge is 2.23. The van der Waals surface area contributed by atoms with E-state index in [1.54, 1.807) is 34.1 Å². The van der Waals surface area contributed by atoms with E-state index in [1.807, 2.05) is 6.92 Å². The molecule has 1 aromatic carbocycles. The topological polar surface area (TPSA) is 79.7 Å². The standard InChI is InChI=1S/C24H26N2O5S2/c1-3-17-14(2)33-22-21(17)23(28)26(12-16-5-4-8-29-16)24(25-22)32-13-18(27)15-6-7-19-20(11-15)31-10-9-30-19/h6-7,11,16H,3-5,8-10,12-13H2,1-2H3. The van der Waals surface area contributed by atoms with Crippen molar-refractivity contribution in [3.8, 4) is 11.5 Å². The molecule has 9 heteroatoms. The molecule has 2 aromatic heterocycles. The number of thioether (sulfide) groups is 1. The molecule has 7 nitrogen and oxygen atoms in total. The van der Waals surface area contributed by atoms with Crippen LogP contribution in [0.2, 0.25) is 0 Å². The van der Waals surface area contributed by atoms with Gasteiger partial charge in [-0.15, -0.1) is 11.3 Å². The number of ketones is 1. The molecule has 4 heterocycles. The molecule has 0 radical (unpaired) electrons. The van der Waals surface area contributed by atoms with Gasteiger partial charge >= 0.3 is 0 Å². The fraction of sp³-hybridized carbons (Fsp3) is 0.458. The summed E-state index contributed by atoms with van der Waals surface area (Å²) in [4.78, 5) is 33.2. The summed E-state index contributed by atoms with van der Waals surface area (Å²) in [5.41, 5.74) is 1.59. The lowest BCUT2D eigenvalue weighted by atomic mass is 10.1. The van der Waals surface area contributed by atoms with E-state index in [4.69, 9.17) is 19.2 Å². The summed E-state index contributed by atoms with van der Waals surface area (Å²) in [6, 6.07) is 5.25. The van der Waals surface area contributed by atoms with Crippen LogP contribution < -0.4 is 15.0 Å². The lowest BCUT2D eigenvalue weighted by Gasteiger charge is -2.18. The van der Waals surface area contributed by atoms with Gasteiger partial charge in [0, 0.05) is 17.0 Å². The second kappa shape index (κ2) is 9.48. The number of aromatic nitrogens is 2. The molecule has 0 saturated carbocycles. The van der Waals surface area contributed by atoms with E-state index in [2.05, 4.69) is 6.92 Å². The summed E-state index contributed by atoms with van der Waals surface area (Å²) in [6.07, 6.45) is 2.71. The Balaban J connectivity index is 1.45. The van der Waals surface area contributed by atoms with Gasteiger partial charge in [-0.05, 0) is 49.9 Å². The number of fused-ring (bicyclic) bond motifs is 2. The first-order valence-electron chi connectivity index (χ1n) is 11.2. The average Bonchev–Trinajstić information content (AvgIpc) is 3.46. The predicted octanol–water partition coefficient (Wildman–Crippen LogP) is 4.25. The number of benzene rings is 1. The van der Waals surface area contributed by atoms with Gasteiger partial charge in [-0.25, -0.2) is 4.98 Å². The summed E-state index contributed by atoms with van der Waals surface area (Å²) in [5, 5.41) is 1.28. The minimum atomic E-state index is -0.0495. The van der Waals surface area contributed by atoms with Crippen LogP contribution in [0.15, 0.2) is 28.2 Å². The maximum Gasteiger partial charge on any atom is 0.263 e. The van der Waals surface area contributed by atoms with E-state index in [0.29, 0.717) is 47.4 Å². The Labute approximate surface area is 200 Å². The van der Waals surface area contributed by atoms with Gasteiger partial charge in [0.15, 0.2) is 22.4 Å². The molecule has 3 aromatic rings. The number of thiophene rings is 1. The quantitative estimate of drug-likeness (QED) is 0.281. The molecule has 0 N–H and O–H groups in total. The minimum absolute atomic E-state index is 0.000365. The van der Waals surface area contributed by atoms with Crippen LogP contribution >= 0.6 is 23.1 Å². The van der Waals surface area contributed by atoms with Crippen LogP contribution in [0, 0.1) is 6.92 Å². The van der Waals surface area contributed by atoms with Gasteiger partial charge in [-0.2, -0.15) is 0 Å². The van der Waals surface area contributed by atoms with Crippen LogP contribution in [0.5, 0.6) is 11.5 Å². The average molecular weight is 487 g/mol. The Hall–Kier alpha value is -2.36. The molecular formula is C24H26N2O5S2. The molecule has 1 unspecified atom stereocenters. The molecule has 174 valence electrons. The molecule has 0 spiro atoms. The monoisotopic (exact) mass is 486 g/mol. The number of aryl methyl sites for hydroxylation is 2. The van der Waals surface area contributed by atoms with Crippen molar-refractivity contribution in [2.75, 3.05) is 25.6 Å². The summed E-state index contributed by atoms with van der Waals surface area (Å²) in [7, 11) is 0. The van der Waals surface area contributed by atoms with E-state index in [9.17, 15) is 9.59 Å². The summed E-state index contributed by atoms with van der Waals surface area (Å²) in [5.74, 6) is 1.37. The summed E-state index contributed by atoms with van der Waals surface area (Å²) in [6.45, 7) is 6.26. The first-order valence-corrected chi connectivity index (χ1v) is 13.1. The Morgan fingerprint density at radius 3 is 2.82 bits per heavy atom. The van der Waals surface area contributed by atoms with Crippen molar-refractivity contribution < 1.29 is 19.0 Å². The van der Waals surface area contributed by atoms with Crippen molar-refractivity contribution in [2.45, 2.75) is 50.9 Å². The Bertz CT molecular complexity index is 1260. The highest BCUT2D eigenvalue weighted by molar-refractivity contribution is 7.99. The van der Waals surface area contributed by atoms with Crippen molar-refractivity contribution >= 4 is 39.1 Å². The van der Waals surface area contributed by atoms with E-state index >= 15 is 0 Å². The maximum atomic E-state index is 13.6. The Morgan fingerprint density at radius 1 is 1.24 bits per heavy atom.